The SMILES string of the molecule is CCCCCCCCC(=O)N(Cc1nc(C(=O)OC)co1)C1CC1. The number of esters is 1. The molecule has 0 aliphatic heterocycles. The van der Waals surface area contributed by atoms with Crippen LogP contribution in [0.2, 0.25) is 0 Å². The summed E-state index contributed by atoms with van der Waals surface area (Å²) in [6.45, 7) is 2.53. The standard InChI is InChI=1S/C18H28N2O4/c1-3-4-5-6-7-8-9-17(21)20(14-10-11-14)12-16-19-15(13-24-16)18(22)23-2/h13-14H,3-12H2,1-2H3. The van der Waals surface area contributed by atoms with Gasteiger partial charge >= 0.3 is 5.97 Å². The molecule has 0 atom stereocenters. The van der Waals surface area contributed by atoms with Gasteiger partial charge in [0.25, 0.3) is 0 Å². The largest absolute Gasteiger partial charge is 0.464 e. The van der Waals surface area contributed by atoms with Gasteiger partial charge in [0.15, 0.2) is 5.69 Å². The molecule has 24 heavy (non-hydrogen) atoms. The lowest BCUT2D eigenvalue weighted by molar-refractivity contribution is -0.132. The number of carbonyl (C=O) groups is 2. The average Bonchev–Trinajstić information content (AvgIpc) is 3.32. The van der Waals surface area contributed by atoms with Gasteiger partial charge in [0.1, 0.15) is 6.26 Å². The van der Waals surface area contributed by atoms with E-state index in [0.29, 0.717) is 24.9 Å². The molecule has 6 nitrogen and oxygen atoms in total. The van der Waals surface area contributed by atoms with Gasteiger partial charge in [-0.05, 0) is 19.3 Å². The molecule has 1 amide bonds. The van der Waals surface area contributed by atoms with Crippen LogP contribution in [0, 0.1) is 0 Å². The van der Waals surface area contributed by atoms with E-state index < -0.39 is 5.97 Å². The summed E-state index contributed by atoms with van der Waals surface area (Å²) in [4.78, 5) is 29.9. The summed E-state index contributed by atoms with van der Waals surface area (Å²) in [5, 5.41) is 0. The molecule has 134 valence electrons. The summed E-state index contributed by atoms with van der Waals surface area (Å²) in [5.41, 5.74) is 0.145. The maximum atomic E-state index is 12.5. The quantitative estimate of drug-likeness (QED) is 0.455. The number of unbranched alkanes of at least 4 members (excludes halogenated alkanes) is 5. The summed E-state index contributed by atoms with van der Waals surface area (Å²) in [5.74, 6) is 0.0192. The first-order valence-corrected chi connectivity index (χ1v) is 8.98. The maximum absolute atomic E-state index is 12.5. The topological polar surface area (TPSA) is 72.6 Å². The third-order valence-electron chi connectivity index (χ3n) is 4.30. The summed E-state index contributed by atoms with van der Waals surface area (Å²) < 4.78 is 9.92. The first-order chi connectivity index (χ1) is 11.7. The van der Waals surface area contributed by atoms with Crippen molar-refractivity contribution in [1.82, 2.24) is 9.88 Å². The fourth-order valence-corrected chi connectivity index (χ4v) is 2.73. The van der Waals surface area contributed by atoms with E-state index in [4.69, 9.17) is 4.42 Å². The van der Waals surface area contributed by atoms with Crippen LogP contribution in [0.25, 0.3) is 0 Å². The van der Waals surface area contributed by atoms with Crippen LogP contribution in [0.5, 0.6) is 0 Å². The number of carbonyl (C=O) groups excluding carboxylic acids is 2. The molecule has 1 heterocycles. The molecular weight excluding hydrogens is 308 g/mol. The number of nitrogens with zero attached hydrogens (tertiary/aromatic N) is 2. The van der Waals surface area contributed by atoms with Gasteiger partial charge in [-0.1, -0.05) is 39.0 Å². The van der Waals surface area contributed by atoms with Gasteiger partial charge in [0, 0.05) is 12.5 Å². The molecule has 1 aliphatic rings. The van der Waals surface area contributed by atoms with Crippen LogP contribution < -0.4 is 0 Å². The van der Waals surface area contributed by atoms with Gasteiger partial charge in [0.2, 0.25) is 11.8 Å². The van der Waals surface area contributed by atoms with E-state index in [0.717, 1.165) is 25.7 Å². The van der Waals surface area contributed by atoms with Crippen molar-refractivity contribution in [3.8, 4) is 0 Å². The Bertz CT molecular complexity index is 537. The van der Waals surface area contributed by atoms with Gasteiger partial charge in [-0.2, -0.15) is 0 Å². The van der Waals surface area contributed by atoms with E-state index in [9.17, 15) is 9.59 Å². The van der Waals surface area contributed by atoms with E-state index in [1.165, 1.54) is 39.1 Å². The Balaban J connectivity index is 1.80. The normalized spacial score (nSPS) is 13.8. The molecule has 0 saturated heterocycles. The molecule has 1 aliphatic carbocycles. The predicted molar refractivity (Wildman–Crippen MR) is 89.4 cm³/mol. The summed E-state index contributed by atoms with van der Waals surface area (Å²) in [6, 6.07) is 0.297. The Morgan fingerprint density at radius 3 is 2.62 bits per heavy atom. The minimum absolute atomic E-state index is 0.145. The van der Waals surface area contributed by atoms with Crippen LogP contribution >= 0.6 is 0 Å². The van der Waals surface area contributed by atoms with E-state index in [1.807, 2.05) is 4.90 Å². The maximum Gasteiger partial charge on any atom is 0.360 e. The van der Waals surface area contributed by atoms with Crippen molar-refractivity contribution in [1.29, 1.82) is 0 Å². The van der Waals surface area contributed by atoms with Crippen LogP contribution in [0.15, 0.2) is 10.7 Å². The number of methoxy groups -OCH3 is 1. The summed E-state index contributed by atoms with van der Waals surface area (Å²) in [6.07, 6.45) is 10.9. The predicted octanol–water partition coefficient (Wildman–Crippen LogP) is 3.70. The monoisotopic (exact) mass is 336 g/mol. The lowest BCUT2D eigenvalue weighted by Crippen LogP contribution is -2.32. The number of hydrogen-bond acceptors (Lipinski definition) is 5. The van der Waals surface area contributed by atoms with Gasteiger partial charge in [-0.3, -0.25) is 4.79 Å². The zero-order chi connectivity index (χ0) is 17.4. The summed E-state index contributed by atoms with van der Waals surface area (Å²) in [7, 11) is 1.30. The van der Waals surface area contributed by atoms with Gasteiger partial charge in [-0.25, -0.2) is 9.78 Å². The molecule has 0 bridgehead atoms. The minimum atomic E-state index is -0.527. The van der Waals surface area contributed by atoms with E-state index in [-0.39, 0.29) is 11.6 Å². The van der Waals surface area contributed by atoms with Crippen molar-refractivity contribution in [2.24, 2.45) is 0 Å². The third kappa shape index (κ3) is 5.65. The number of oxazole rings is 1. The average molecular weight is 336 g/mol. The highest BCUT2D eigenvalue weighted by Crippen LogP contribution is 2.29. The minimum Gasteiger partial charge on any atom is -0.464 e. The molecule has 1 saturated carbocycles. The van der Waals surface area contributed by atoms with Crippen molar-refractivity contribution in [2.75, 3.05) is 7.11 Å². The fraction of sp³-hybridized carbons (Fsp3) is 0.722. The molecule has 1 aromatic heterocycles. The Kier molecular flexibility index (Phi) is 7.28. The molecule has 2 rings (SSSR count). The second-order valence-electron chi connectivity index (χ2n) is 6.39. The second kappa shape index (κ2) is 9.45. The van der Waals surface area contributed by atoms with Crippen molar-refractivity contribution >= 4 is 11.9 Å². The zero-order valence-electron chi connectivity index (χ0n) is 14.8. The van der Waals surface area contributed by atoms with Gasteiger partial charge < -0.3 is 14.1 Å². The molecule has 1 aromatic rings. The van der Waals surface area contributed by atoms with E-state index in [2.05, 4.69) is 16.6 Å². The molecule has 6 heteroatoms. The lowest BCUT2D eigenvalue weighted by Gasteiger charge is -2.20. The van der Waals surface area contributed by atoms with Crippen LogP contribution in [0.4, 0.5) is 0 Å². The van der Waals surface area contributed by atoms with Crippen molar-refractivity contribution in [3.05, 3.63) is 17.8 Å². The third-order valence-corrected chi connectivity index (χ3v) is 4.30. The van der Waals surface area contributed by atoms with Crippen molar-refractivity contribution in [3.63, 3.8) is 0 Å². The number of ether oxygens (including phenoxy) is 1. The van der Waals surface area contributed by atoms with Crippen LogP contribution in [0.1, 0.15) is 81.1 Å². The Morgan fingerprint density at radius 2 is 1.96 bits per heavy atom. The Hall–Kier alpha value is -1.85. The number of rotatable bonds is 11. The molecule has 0 N–H and O–H groups in total. The smallest absolute Gasteiger partial charge is 0.360 e. The zero-order valence-corrected chi connectivity index (χ0v) is 14.8. The number of hydrogen-bond donors (Lipinski definition) is 0. The van der Waals surface area contributed by atoms with Crippen LogP contribution in [-0.4, -0.2) is 34.9 Å². The first-order valence-electron chi connectivity index (χ1n) is 8.98. The molecule has 0 unspecified atom stereocenters. The second-order valence-corrected chi connectivity index (χ2v) is 6.39. The number of amides is 1. The van der Waals surface area contributed by atoms with E-state index in [1.54, 1.807) is 0 Å². The fourth-order valence-electron chi connectivity index (χ4n) is 2.73. The molecule has 0 spiro atoms. The lowest BCUT2D eigenvalue weighted by atomic mass is 10.1. The van der Waals surface area contributed by atoms with Gasteiger partial charge in [0.05, 0.1) is 13.7 Å². The highest BCUT2D eigenvalue weighted by molar-refractivity contribution is 5.86. The molecule has 1 fully saturated rings. The highest BCUT2D eigenvalue weighted by atomic mass is 16.5. The first kappa shape index (κ1) is 18.5. The molecule has 0 radical (unpaired) electrons. The number of aromatic nitrogens is 1. The molecule has 0 aromatic carbocycles. The van der Waals surface area contributed by atoms with Crippen LogP contribution in [0.3, 0.4) is 0 Å². The Labute approximate surface area is 143 Å². The van der Waals surface area contributed by atoms with Gasteiger partial charge in [-0.15, -0.1) is 0 Å². The Morgan fingerprint density at radius 1 is 1.25 bits per heavy atom. The summed E-state index contributed by atoms with van der Waals surface area (Å²) >= 11 is 0. The van der Waals surface area contributed by atoms with Crippen molar-refractivity contribution < 1.29 is 18.7 Å². The highest BCUT2D eigenvalue weighted by Gasteiger charge is 2.33. The molecular formula is C18H28N2O4. The van der Waals surface area contributed by atoms with Crippen molar-refractivity contribution in [2.45, 2.75) is 77.3 Å². The van der Waals surface area contributed by atoms with E-state index >= 15 is 0 Å². The van der Waals surface area contributed by atoms with Crippen LogP contribution in [-0.2, 0) is 16.1 Å².